The number of diazo groups is 1. The normalized spacial score (nSPS) is 10.8. The molecule has 0 spiro atoms. The van der Waals surface area contributed by atoms with Gasteiger partial charge in [0.25, 0.3) is 10.1 Å². The number of hydrogen-bond donors (Lipinski definition) is 1. The standard InChI is InChI=1S/C8H8N2O4S/c1-5-3-8(15(11,12)13)7(14-2)4-6(5)10-9/h3-4H,1-2H3/p+1. The number of methoxy groups -OCH3 is 1. The minimum absolute atomic E-state index is 0.0732. The maximum absolute atomic E-state index is 10.9. The molecule has 0 atom stereocenters. The summed E-state index contributed by atoms with van der Waals surface area (Å²) in [4.78, 5) is 2.59. The van der Waals surface area contributed by atoms with Crippen LogP contribution in [0.4, 0.5) is 5.69 Å². The second-order valence-electron chi connectivity index (χ2n) is 2.86. The summed E-state index contributed by atoms with van der Waals surface area (Å²) >= 11 is 0. The van der Waals surface area contributed by atoms with E-state index in [4.69, 9.17) is 14.7 Å². The van der Waals surface area contributed by atoms with Crippen molar-refractivity contribution >= 4 is 15.8 Å². The summed E-state index contributed by atoms with van der Waals surface area (Å²) in [5, 5.41) is 8.59. The second kappa shape index (κ2) is 3.84. The first-order valence-electron chi connectivity index (χ1n) is 3.91. The maximum atomic E-state index is 10.9. The Morgan fingerprint density at radius 3 is 2.47 bits per heavy atom. The monoisotopic (exact) mass is 229 g/mol. The Balaban J connectivity index is 3.57. The molecule has 1 aromatic carbocycles. The Bertz CT molecular complexity index is 530. The average Bonchev–Trinajstić information content (AvgIpc) is 2.16. The highest BCUT2D eigenvalue weighted by atomic mass is 32.2. The highest BCUT2D eigenvalue weighted by Gasteiger charge is 2.22. The molecule has 1 N–H and O–H groups in total. The minimum atomic E-state index is -4.34. The predicted octanol–water partition coefficient (Wildman–Crippen LogP) is 1.73. The second-order valence-corrected chi connectivity index (χ2v) is 4.25. The Morgan fingerprint density at radius 2 is 2.07 bits per heavy atom. The van der Waals surface area contributed by atoms with Gasteiger partial charge < -0.3 is 4.74 Å². The smallest absolute Gasteiger partial charge is 0.391 e. The van der Waals surface area contributed by atoms with Gasteiger partial charge in [-0.2, -0.15) is 8.42 Å². The van der Waals surface area contributed by atoms with Crippen molar-refractivity contribution in [3.05, 3.63) is 22.7 Å². The summed E-state index contributed by atoms with van der Waals surface area (Å²) in [5.41, 5.74) is 0.588. The maximum Gasteiger partial charge on any atom is 0.391 e. The molecule has 15 heavy (non-hydrogen) atoms. The van der Waals surface area contributed by atoms with Crippen molar-refractivity contribution in [2.75, 3.05) is 7.11 Å². The molecule has 7 heteroatoms. The number of hydrogen-bond acceptors (Lipinski definition) is 4. The molecule has 1 aromatic rings. The molecule has 0 amide bonds. The number of nitrogens with zero attached hydrogens (tertiary/aromatic N) is 2. The van der Waals surface area contributed by atoms with E-state index >= 15 is 0 Å². The lowest BCUT2D eigenvalue weighted by molar-refractivity contribution is 0.397. The molecule has 0 aliphatic rings. The van der Waals surface area contributed by atoms with Crippen molar-refractivity contribution in [3.63, 3.8) is 0 Å². The van der Waals surface area contributed by atoms with Crippen LogP contribution in [-0.4, -0.2) is 20.1 Å². The van der Waals surface area contributed by atoms with Crippen LogP contribution < -0.4 is 4.74 Å². The number of rotatable bonds is 2. The van der Waals surface area contributed by atoms with Crippen LogP contribution in [0.5, 0.6) is 5.75 Å². The third-order valence-corrected chi connectivity index (χ3v) is 2.74. The van der Waals surface area contributed by atoms with Crippen LogP contribution in [0, 0.1) is 12.3 Å². The van der Waals surface area contributed by atoms with Gasteiger partial charge >= 0.3 is 5.69 Å². The van der Waals surface area contributed by atoms with Crippen molar-refractivity contribution < 1.29 is 17.7 Å². The van der Waals surface area contributed by atoms with Gasteiger partial charge in [0.1, 0.15) is 10.6 Å². The first-order chi connectivity index (χ1) is 6.90. The zero-order chi connectivity index (χ0) is 11.6. The van der Waals surface area contributed by atoms with Crippen LogP contribution in [0.25, 0.3) is 4.98 Å². The molecule has 6 nitrogen and oxygen atoms in total. The summed E-state index contributed by atoms with van der Waals surface area (Å²) < 4.78 is 35.5. The van der Waals surface area contributed by atoms with Crippen LogP contribution >= 0.6 is 0 Å². The van der Waals surface area contributed by atoms with Crippen LogP contribution in [-0.2, 0) is 10.1 Å². The first kappa shape index (κ1) is 11.4. The molecule has 0 unspecified atom stereocenters. The molecule has 1 rings (SSSR count). The van der Waals surface area contributed by atoms with Crippen molar-refractivity contribution in [1.82, 2.24) is 0 Å². The Kier molecular flexibility index (Phi) is 2.93. The number of ether oxygens (including phenoxy) is 1. The van der Waals surface area contributed by atoms with Gasteiger partial charge in [0, 0.05) is 5.56 Å². The lowest BCUT2D eigenvalue weighted by Crippen LogP contribution is -2.01. The van der Waals surface area contributed by atoms with E-state index in [1.54, 1.807) is 6.92 Å². The van der Waals surface area contributed by atoms with Crippen molar-refractivity contribution in [3.8, 4) is 5.75 Å². The van der Waals surface area contributed by atoms with Crippen molar-refractivity contribution in [1.29, 1.82) is 5.39 Å². The molecular weight excluding hydrogens is 220 g/mol. The Hall–Kier alpha value is -1.65. The van der Waals surface area contributed by atoms with E-state index in [1.165, 1.54) is 19.2 Å². The van der Waals surface area contributed by atoms with Gasteiger partial charge in [0.15, 0.2) is 4.98 Å². The lowest BCUT2D eigenvalue weighted by Gasteiger charge is -2.04. The fourth-order valence-electron chi connectivity index (χ4n) is 1.12. The van der Waals surface area contributed by atoms with Crippen LogP contribution in [0.2, 0.25) is 0 Å². The fourth-order valence-corrected chi connectivity index (χ4v) is 1.84. The SMILES string of the molecule is COc1cc([N+]#N)c(C)cc1S(=O)(=O)O. The first-order valence-corrected chi connectivity index (χ1v) is 5.35. The van der Waals surface area contributed by atoms with E-state index in [1.807, 2.05) is 0 Å². The molecule has 0 heterocycles. The van der Waals surface area contributed by atoms with Gasteiger partial charge in [-0.15, -0.1) is 0 Å². The summed E-state index contributed by atoms with van der Waals surface area (Å²) in [6, 6.07) is 2.39. The van der Waals surface area contributed by atoms with Crippen molar-refractivity contribution in [2.45, 2.75) is 11.8 Å². The lowest BCUT2D eigenvalue weighted by atomic mass is 10.2. The summed E-state index contributed by atoms with van der Waals surface area (Å²) in [6.07, 6.45) is 0. The third-order valence-electron chi connectivity index (χ3n) is 1.87. The molecule has 80 valence electrons. The van der Waals surface area contributed by atoms with E-state index in [0.717, 1.165) is 0 Å². The van der Waals surface area contributed by atoms with Crippen LogP contribution in [0.1, 0.15) is 5.56 Å². The van der Waals surface area contributed by atoms with E-state index < -0.39 is 10.1 Å². The molecule has 0 saturated heterocycles. The highest BCUT2D eigenvalue weighted by molar-refractivity contribution is 7.86. The van der Waals surface area contributed by atoms with Gasteiger partial charge in [-0.05, 0) is 13.0 Å². The molecule has 0 aliphatic carbocycles. The van der Waals surface area contributed by atoms with Gasteiger partial charge in [-0.25, -0.2) is 0 Å². The van der Waals surface area contributed by atoms with E-state index in [0.29, 0.717) is 5.56 Å². The Labute approximate surface area is 86.9 Å². The molecule has 0 aliphatic heterocycles. The zero-order valence-corrected chi connectivity index (χ0v) is 8.95. The molecular formula is C8H9N2O4S+. The fraction of sp³-hybridized carbons (Fsp3) is 0.250. The predicted molar refractivity (Wildman–Crippen MR) is 52.3 cm³/mol. The zero-order valence-electron chi connectivity index (χ0n) is 8.13. The quantitative estimate of drug-likeness (QED) is 0.616. The van der Waals surface area contributed by atoms with Crippen molar-refractivity contribution in [2.24, 2.45) is 0 Å². The molecule has 0 bridgehead atoms. The van der Waals surface area contributed by atoms with Crippen LogP contribution in [0.15, 0.2) is 17.0 Å². The Morgan fingerprint density at radius 1 is 1.47 bits per heavy atom. The van der Waals surface area contributed by atoms with E-state index in [9.17, 15) is 8.42 Å². The number of benzene rings is 1. The largest absolute Gasteiger partial charge is 0.495 e. The van der Waals surface area contributed by atoms with E-state index in [-0.39, 0.29) is 16.3 Å². The van der Waals surface area contributed by atoms with Gasteiger partial charge in [-0.3, -0.25) is 4.55 Å². The van der Waals surface area contributed by atoms with Gasteiger partial charge in [0.05, 0.1) is 13.2 Å². The molecule has 0 fully saturated rings. The van der Waals surface area contributed by atoms with Gasteiger partial charge in [-0.1, -0.05) is 0 Å². The number of aryl methyl sites for hydroxylation is 1. The van der Waals surface area contributed by atoms with Gasteiger partial charge in [0.2, 0.25) is 5.39 Å². The summed E-state index contributed by atoms with van der Waals surface area (Å²) in [5.74, 6) is -0.0732. The molecule has 0 aromatic heterocycles. The summed E-state index contributed by atoms with van der Waals surface area (Å²) in [7, 11) is -3.09. The molecule has 0 saturated carbocycles. The topological polar surface area (TPSA) is 91.8 Å². The van der Waals surface area contributed by atoms with Crippen LogP contribution in [0.3, 0.4) is 0 Å². The molecule has 0 radical (unpaired) electrons. The highest BCUT2D eigenvalue weighted by Crippen LogP contribution is 2.31. The average molecular weight is 229 g/mol. The minimum Gasteiger partial charge on any atom is -0.495 e. The summed E-state index contributed by atoms with van der Waals surface area (Å²) in [6.45, 7) is 1.54. The third kappa shape index (κ3) is 2.23. The van der Waals surface area contributed by atoms with E-state index in [2.05, 4.69) is 4.98 Å².